The Morgan fingerprint density at radius 2 is 2.22 bits per heavy atom. The molecule has 0 aliphatic carbocycles. The summed E-state index contributed by atoms with van der Waals surface area (Å²) in [7, 11) is -0.984. The van der Waals surface area contributed by atoms with Crippen LogP contribution in [0.3, 0.4) is 0 Å². The summed E-state index contributed by atoms with van der Waals surface area (Å²) in [6.45, 7) is 1.18. The molecular weight excluding hydrogens is 162 g/mol. The molecule has 1 atom stereocenters. The second-order valence-corrected chi connectivity index (χ2v) is 2.38. The van der Waals surface area contributed by atoms with Gasteiger partial charge in [-0.2, -0.15) is 4.83 Å². The maximum Gasteiger partial charge on any atom is 0.102 e. The van der Waals surface area contributed by atoms with Gasteiger partial charge >= 0.3 is 0 Å². The molecule has 4 nitrogen and oxygen atoms in total. The van der Waals surface area contributed by atoms with Gasteiger partial charge in [-0.05, 0) is 0 Å². The van der Waals surface area contributed by atoms with Gasteiger partial charge in [0.1, 0.15) is 11.0 Å². The Morgan fingerprint density at radius 1 is 1.67 bits per heavy atom. The van der Waals surface area contributed by atoms with E-state index in [1.807, 2.05) is 0 Å². The van der Waals surface area contributed by atoms with Crippen LogP contribution in [0.4, 0.5) is 0 Å². The van der Waals surface area contributed by atoms with E-state index in [0.717, 1.165) is 0 Å². The van der Waals surface area contributed by atoms with Crippen LogP contribution in [0, 0.1) is 0 Å². The molecule has 0 saturated heterocycles. The first-order chi connectivity index (χ1) is 3.77. The highest BCUT2D eigenvalue weighted by Gasteiger charge is 1.82. The van der Waals surface area contributed by atoms with Crippen LogP contribution in [0.5, 0.6) is 0 Å². The van der Waals surface area contributed by atoms with Crippen LogP contribution in [-0.4, -0.2) is 23.6 Å². The predicted octanol–water partition coefficient (Wildman–Crippen LogP) is -1.25. The fourth-order valence-electron chi connectivity index (χ4n) is 0.225. The van der Waals surface area contributed by atoms with Crippen molar-refractivity contribution in [3.63, 3.8) is 0 Å². The van der Waals surface area contributed by atoms with E-state index in [0.29, 0.717) is 13.1 Å². The van der Waals surface area contributed by atoms with Crippen LogP contribution in [0.2, 0.25) is 0 Å². The number of nitrogens with two attached hydrogens (primary N) is 1. The Morgan fingerprint density at radius 3 is 2.56 bits per heavy atom. The zero-order chi connectivity index (χ0) is 6.41. The first-order valence-electron chi connectivity index (χ1n) is 2.29. The lowest BCUT2D eigenvalue weighted by Gasteiger charge is -1.98. The SMILES string of the molecule is CS(=O)NNCCN.Cl. The third kappa shape index (κ3) is 11.7. The number of nitrogens with one attached hydrogen (secondary N) is 2. The molecule has 9 heavy (non-hydrogen) atoms. The van der Waals surface area contributed by atoms with Crippen molar-refractivity contribution in [2.24, 2.45) is 5.73 Å². The Balaban J connectivity index is 0. The second kappa shape index (κ2) is 8.32. The van der Waals surface area contributed by atoms with Crippen molar-refractivity contribution in [3.05, 3.63) is 0 Å². The average molecular weight is 174 g/mol. The van der Waals surface area contributed by atoms with E-state index >= 15 is 0 Å². The van der Waals surface area contributed by atoms with Crippen LogP contribution < -0.4 is 16.0 Å². The standard InChI is InChI=1S/C3H11N3OS.ClH/c1-8(7)6-5-3-2-4;/h5-6H,2-4H2,1H3;1H. The molecule has 0 aliphatic rings. The summed E-state index contributed by atoms with van der Waals surface area (Å²) in [4.78, 5) is 2.49. The number of rotatable bonds is 4. The van der Waals surface area contributed by atoms with Crippen molar-refractivity contribution in [1.29, 1.82) is 0 Å². The predicted molar refractivity (Wildman–Crippen MR) is 41.5 cm³/mol. The summed E-state index contributed by atoms with van der Waals surface area (Å²) in [5.74, 6) is 0. The van der Waals surface area contributed by atoms with E-state index in [1.54, 1.807) is 6.26 Å². The maximum absolute atomic E-state index is 10.2. The van der Waals surface area contributed by atoms with Crippen LogP contribution in [0.25, 0.3) is 0 Å². The monoisotopic (exact) mass is 173 g/mol. The first-order valence-corrected chi connectivity index (χ1v) is 3.85. The summed E-state index contributed by atoms with van der Waals surface area (Å²) in [5, 5.41) is 0. The maximum atomic E-state index is 10.2. The van der Waals surface area contributed by atoms with E-state index in [1.165, 1.54) is 0 Å². The highest BCUT2D eigenvalue weighted by molar-refractivity contribution is 7.82. The first kappa shape index (κ1) is 12.0. The molecule has 6 heteroatoms. The normalized spacial score (nSPS) is 12.2. The van der Waals surface area contributed by atoms with Crippen LogP contribution >= 0.6 is 12.4 Å². The summed E-state index contributed by atoms with van der Waals surface area (Å²) >= 11 is 0. The highest BCUT2D eigenvalue weighted by Crippen LogP contribution is 1.54. The van der Waals surface area contributed by atoms with E-state index < -0.39 is 11.0 Å². The molecule has 4 N–H and O–H groups in total. The summed E-state index contributed by atoms with van der Waals surface area (Å²) < 4.78 is 10.2. The molecule has 58 valence electrons. The Labute approximate surface area is 63.5 Å². The fraction of sp³-hybridized carbons (Fsp3) is 1.00. The molecule has 0 aromatic heterocycles. The Bertz CT molecular complexity index is 81.5. The van der Waals surface area contributed by atoms with Gasteiger partial charge in [0.05, 0.1) is 0 Å². The molecule has 0 rings (SSSR count). The molecule has 0 spiro atoms. The van der Waals surface area contributed by atoms with Gasteiger partial charge < -0.3 is 5.73 Å². The number of hydrogen-bond acceptors (Lipinski definition) is 3. The zero-order valence-corrected chi connectivity index (χ0v) is 6.85. The summed E-state index contributed by atoms with van der Waals surface area (Å²) in [6.07, 6.45) is 1.55. The van der Waals surface area contributed by atoms with Crippen molar-refractivity contribution in [1.82, 2.24) is 10.3 Å². The van der Waals surface area contributed by atoms with Crippen molar-refractivity contribution in [2.45, 2.75) is 0 Å². The van der Waals surface area contributed by atoms with Gasteiger partial charge in [0.2, 0.25) is 0 Å². The minimum atomic E-state index is -0.984. The molecule has 0 radical (unpaired) electrons. The van der Waals surface area contributed by atoms with Gasteiger partial charge in [-0.1, -0.05) is 0 Å². The molecule has 0 bridgehead atoms. The third-order valence-electron chi connectivity index (χ3n) is 0.485. The van der Waals surface area contributed by atoms with E-state index in [9.17, 15) is 4.21 Å². The molecular formula is C3H12ClN3OS. The van der Waals surface area contributed by atoms with Crippen molar-refractivity contribution in [3.8, 4) is 0 Å². The van der Waals surface area contributed by atoms with Crippen molar-refractivity contribution in [2.75, 3.05) is 19.3 Å². The van der Waals surface area contributed by atoms with E-state index in [-0.39, 0.29) is 12.4 Å². The molecule has 1 unspecified atom stereocenters. The Kier molecular flexibility index (Phi) is 11.1. The van der Waals surface area contributed by atoms with Crippen molar-refractivity contribution < 1.29 is 4.21 Å². The van der Waals surface area contributed by atoms with E-state index in [2.05, 4.69) is 10.3 Å². The quantitative estimate of drug-likeness (QED) is 0.368. The smallest absolute Gasteiger partial charge is 0.102 e. The minimum Gasteiger partial charge on any atom is -0.329 e. The molecule has 0 heterocycles. The summed E-state index contributed by atoms with van der Waals surface area (Å²) in [6, 6.07) is 0. The number of halogens is 1. The average Bonchev–Trinajstić information content (AvgIpc) is 1.66. The topological polar surface area (TPSA) is 67.2 Å². The molecule has 0 fully saturated rings. The van der Waals surface area contributed by atoms with Gasteiger partial charge in [-0.25, -0.2) is 9.63 Å². The van der Waals surface area contributed by atoms with Gasteiger partial charge in [-0.3, -0.25) is 0 Å². The van der Waals surface area contributed by atoms with Crippen molar-refractivity contribution >= 4 is 23.4 Å². The molecule has 0 amide bonds. The molecule has 0 aromatic carbocycles. The van der Waals surface area contributed by atoms with Gasteiger partial charge in [0, 0.05) is 19.3 Å². The van der Waals surface area contributed by atoms with Gasteiger partial charge in [0.25, 0.3) is 0 Å². The minimum absolute atomic E-state index is 0. The largest absolute Gasteiger partial charge is 0.329 e. The fourth-order valence-corrected chi connectivity index (χ4v) is 0.530. The molecule has 0 aliphatic heterocycles. The lowest BCUT2D eigenvalue weighted by Crippen LogP contribution is -2.36. The number of hydrogen-bond donors (Lipinski definition) is 3. The van der Waals surface area contributed by atoms with Crippen LogP contribution in [0.15, 0.2) is 0 Å². The van der Waals surface area contributed by atoms with E-state index in [4.69, 9.17) is 5.73 Å². The molecule has 0 aromatic rings. The molecule has 0 saturated carbocycles. The summed E-state index contributed by atoms with van der Waals surface area (Å²) in [5.41, 5.74) is 7.77. The zero-order valence-electron chi connectivity index (χ0n) is 5.22. The van der Waals surface area contributed by atoms with Crippen LogP contribution in [0.1, 0.15) is 0 Å². The highest BCUT2D eigenvalue weighted by atomic mass is 35.5. The lowest BCUT2D eigenvalue weighted by molar-refractivity contribution is 0.635. The third-order valence-corrected chi connectivity index (χ3v) is 0.917. The lowest BCUT2D eigenvalue weighted by atomic mass is 10.7. The van der Waals surface area contributed by atoms with Gasteiger partial charge in [0.15, 0.2) is 0 Å². The number of hydrazine groups is 1. The van der Waals surface area contributed by atoms with Gasteiger partial charge in [-0.15, -0.1) is 12.4 Å². The second-order valence-electron chi connectivity index (χ2n) is 1.27. The van der Waals surface area contributed by atoms with Crippen LogP contribution in [-0.2, 0) is 11.0 Å². The Hall–Kier alpha value is 0.320.